The van der Waals surface area contributed by atoms with E-state index in [1.165, 1.54) is 16.8 Å². The van der Waals surface area contributed by atoms with Crippen molar-refractivity contribution in [3.05, 3.63) is 52.8 Å². The highest BCUT2D eigenvalue weighted by molar-refractivity contribution is 6.29. The number of pyridine rings is 1. The fourth-order valence-electron chi connectivity index (χ4n) is 2.24. The number of nitrogens with zero attached hydrogens (tertiary/aromatic N) is 1. The van der Waals surface area contributed by atoms with Gasteiger partial charge in [-0.25, -0.2) is 4.98 Å². The Morgan fingerprint density at radius 3 is 3.06 bits per heavy atom. The molecule has 0 spiro atoms. The fraction of sp³-hybridized carbons (Fsp3) is 0.214. The zero-order valence-electron chi connectivity index (χ0n) is 9.91. The van der Waals surface area contributed by atoms with Gasteiger partial charge in [-0.15, -0.1) is 0 Å². The number of halogens is 1. The molecule has 3 nitrogen and oxygen atoms in total. The first-order chi connectivity index (χ1) is 8.83. The minimum Gasteiger partial charge on any atom is -0.384 e. The number of fused-ring (bicyclic) bond motifs is 1. The zero-order valence-corrected chi connectivity index (χ0v) is 10.7. The Labute approximate surface area is 111 Å². The van der Waals surface area contributed by atoms with Crippen LogP contribution in [0.5, 0.6) is 0 Å². The average molecular weight is 260 g/mol. The van der Waals surface area contributed by atoms with Gasteiger partial charge >= 0.3 is 0 Å². The minimum absolute atomic E-state index is 0.516. The molecule has 0 saturated carbocycles. The SMILES string of the molecule is Clc1ccc(NCc2cccc3c2NCC3)cn1. The Morgan fingerprint density at radius 1 is 1.28 bits per heavy atom. The molecule has 2 aromatic rings. The molecule has 18 heavy (non-hydrogen) atoms. The molecule has 0 unspecified atom stereocenters. The van der Waals surface area contributed by atoms with Crippen LogP contribution in [0.15, 0.2) is 36.5 Å². The summed E-state index contributed by atoms with van der Waals surface area (Å²) in [6, 6.07) is 10.2. The maximum atomic E-state index is 5.76. The maximum Gasteiger partial charge on any atom is 0.129 e. The number of benzene rings is 1. The first-order valence-electron chi connectivity index (χ1n) is 6.03. The zero-order chi connectivity index (χ0) is 12.4. The van der Waals surface area contributed by atoms with E-state index >= 15 is 0 Å². The van der Waals surface area contributed by atoms with Crippen molar-refractivity contribution in [3.63, 3.8) is 0 Å². The monoisotopic (exact) mass is 259 g/mol. The summed E-state index contributed by atoms with van der Waals surface area (Å²) >= 11 is 5.76. The van der Waals surface area contributed by atoms with Crippen molar-refractivity contribution >= 4 is 23.0 Å². The second-order valence-electron chi connectivity index (χ2n) is 4.35. The third-order valence-electron chi connectivity index (χ3n) is 3.14. The van der Waals surface area contributed by atoms with E-state index in [9.17, 15) is 0 Å². The molecule has 1 aliphatic heterocycles. The number of para-hydroxylation sites is 1. The molecular formula is C14H14ClN3. The Hall–Kier alpha value is -1.74. The molecule has 1 aliphatic rings. The van der Waals surface area contributed by atoms with Crippen LogP contribution in [0.2, 0.25) is 5.15 Å². The maximum absolute atomic E-state index is 5.76. The lowest BCUT2D eigenvalue weighted by molar-refractivity contribution is 1.11. The predicted octanol–water partition coefficient (Wildman–Crippen LogP) is 3.32. The van der Waals surface area contributed by atoms with Gasteiger partial charge in [0.05, 0.1) is 11.9 Å². The van der Waals surface area contributed by atoms with Gasteiger partial charge in [-0.05, 0) is 29.7 Å². The smallest absolute Gasteiger partial charge is 0.129 e. The quantitative estimate of drug-likeness (QED) is 0.831. The van der Waals surface area contributed by atoms with Crippen LogP contribution in [0.1, 0.15) is 11.1 Å². The second kappa shape index (κ2) is 4.86. The van der Waals surface area contributed by atoms with Crippen molar-refractivity contribution in [1.82, 2.24) is 4.98 Å². The Bertz CT molecular complexity index is 551. The third kappa shape index (κ3) is 2.27. The molecule has 4 heteroatoms. The summed E-state index contributed by atoms with van der Waals surface area (Å²) in [5, 5.41) is 7.31. The molecule has 1 aromatic carbocycles. The average Bonchev–Trinajstić information content (AvgIpc) is 2.87. The van der Waals surface area contributed by atoms with Crippen molar-refractivity contribution in [1.29, 1.82) is 0 Å². The summed E-state index contributed by atoms with van der Waals surface area (Å²) in [6.07, 6.45) is 2.87. The number of hydrogen-bond acceptors (Lipinski definition) is 3. The predicted molar refractivity (Wildman–Crippen MR) is 75.2 cm³/mol. The van der Waals surface area contributed by atoms with Gasteiger partial charge in [0.2, 0.25) is 0 Å². The van der Waals surface area contributed by atoms with E-state index in [0.717, 1.165) is 25.2 Å². The van der Waals surface area contributed by atoms with Crippen LogP contribution in [0.3, 0.4) is 0 Å². The van der Waals surface area contributed by atoms with Gasteiger partial charge in [-0.1, -0.05) is 29.8 Å². The molecule has 0 atom stereocenters. The minimum atomic E-state index is 0.516. The molecule has 2 heterocycles. The molecule has 0 amide bonds. The summed E-state index contributed by atoms with van der Waals surface area (Å²) in [6.45, 7) is 1.83. The van der Waals surface area contributed by atoms with E-state index in [-0.39, 0.29) is 0 Å². The van der Waals surface area contributed by atoms with E-state index in [0.29, 0.717) is 5.15 Å². The highest BCUT2D eigenvalue weighted by atomic mass is 35.5. The van der Waals surface area contributed by atoms with E-state index in [2.05, 4.69) is 33.8 Å². The largest absolute Gasteiger partial charge is 0.384 e. The molecular weight excluding hydrogens is 246 g/mol. The lowest BCUT2D eigenvalue weighted by Gasteiger charge is -2.10. The van der Waals surface area contributed by atoms with Crippen molar-refractivity contribution in [2.45, 2.75) is 13.0 Å². The van der Waals surface area contributed by atoms with Crippen LogP contribution in [0.4, 0.5) is 11.4 Å². The van der Waals surface area contributed by atoms with Crippen LogP contribution < -0.4 is 10.6 Å². The summed E-state index contributed by atoms with van der Waals surface area (Å²) < 4.78 is 0. The van der Waals surface area contributed by atoms with E-state index in [1.807, 2.05) is 6.07 Å². The number of aromatic nitrogens is 1. The first-order valence-corrected chi connectivity index (χ1v) is 6.41. The first kappa shape index (κ1) is 11.4. The van der Waals surface area contributed by atoms with Crippen LogP contribution in [0.25, 0.3) is 0 Å². The lowest BCUT2D eigenvalue weighted by Crippen LogP contribution is -2.03. The molecule has 0 saturated heterocycles. The molecule has 1 aromatic heterocycles. The summed E-state index contributed by atoms with van der Waals surface area (Å²) in [5.41, 5.74) is 4.96. The number of rotatable bonds is 3. The van der Waals surface area contributed by atoms with Gasteiger partial charge in [0.15, 0.2) is 0 Å². The van der Waals surface area contributed by atoms with Crippen LogP contribution in [-0.4, -0.2) is 11.5 Å². The van der Waals surface area contributed by atoms with Gasteiger partial charge < -0.3 is 10.6 Å². The molecule has 0 radical (unpaired) electrons. The standard InChI is InChI=1S/C14H14ClN3/c15-13-5-4-12(9-18-13)17-8-11-3-1-2-10-6-7-16-14(10)11/h1-5,9,16-17H,6-8H2. The number of hydrogen-bond donors (Lipinski definition) is 2. The highest BCUT2D eigenvalue weighted by Crippen LogP contribution is 2.26. The molecule has 0 fully saturated rings. The molecule has 2 N–H and O–H groups in total. The Balaban J connectivity index is 1.74. The topological polar surface area (TPSA) is 37.0 Å². The van der Waals surface area contributed by atoms with Gasteiger partial charge in [0, 0.05) is 18.8 Å². The van der Waals surface area contributed by atoms with Crippen molar-refractivity contribution in [3.8, 4) is 0 Å². The van der Waals surface area contributed by atoms with Crippen LogP contribution >= 0.6 is 11.6 Å². The highest BCUT2D eigenvalue weighted by Gasteiger charge is 2.12. The van der Waals surface area contributed by atoms with Gasteiger partial charge in [0.1, 0.15) is 5.15 Å². The van der Waals surface area contributed by atoms with Gasteiger partial charge in [-0.3, -0.25) is 0 Å². The Kier molecular flexibility index (Phi) is 3.07. The van der Waals surface area contributed by atoms with E-state index in [1.54, 1.807) is 12.3 Å². The van der Waals surface area contributed by atoms with Crippen LogP contribution in [0, 0.1) is 0 Å². The second-order valence-corrected chi connectivity index (χ2v) is 4.74. The van der Waals surface area contributed by atoms with Gasteiger partial charge in [-0.2, -0.15) is 0 Å². The molecule has 3 rings (SSSR count). The molecule has 0 aliphatic carbocycles. The third-order valence-corrected chi connectivity index (χ3v) is 3.37. The summed E-state index contributed by atoms with van der Waals surface area (Å²) in [5.74, 6) is 0. The molecule has 0 bridgehead atoms. The van der Waals surface area contributed by atoms with E-state index < -0.39 is 0 Å². The van der Waals surface area contributed by atoms with Gasteiger partial charge in [0.25, 0.3) is 0 Å². The number of anilines is 2. The molecule has 92 valence electrons. The Morgan fingerprint density at radius 2 is 2.22 bits per heavy atom. The van der Waals surface area contributed by atoms with Crippen LogP contribution in [-0.2, 0) is 13.0 Å². The summed E-state index contributed by atoms with van der Waals surface area (Å²) in [4.78, 5) is 4.05. The van der Waals surface area contributed by atoms with Crippen molar-refractivity contribution < 1.29 is 0 Å². The van der Waals surface area contributed by atoms with Crippen molar-refractivity contribution in [2.75, 3.05) is 17.2 Å². The summed E-state index contributed by atoms with van der Waals surface area (Å²) in [7, 11) is 0. The normalized spacial score (nSPS) is 12.9. The number of nitrogens with one attached hydrogen (secondary N) is 2. The van der Waals surface area contributed by atoms with Crippen molar-refractivity contribution in [2.24, 2.45) is 0 Å². The van der Waals surface area contributed by atoms with E-state index in [4.69, 9.17) is 11.6 Å². The lowest BCUT2D eigenvalue weighted by atomic mass is 10.1. The fourth-order valence-corrected chi connectivity index (χ4v) is 2.35.